The van der Waals surface area contributed by atoms with Crippen molar-refractivity contribution in [1.29, 1.82) is 0 Å². The first kappa shape index (κ1) is 9.92. The molecule has 0 radical (unpaired) electrons. The highest BCUT2D eigenvalue weighted by atomic mass is 16.2. The van der Waals surface area contributed by atoms with Crippen LogP contribution in [0.25, 0.3) is 0 Å². The number of aliphatic hydroxyl groups is 1. The summed E-state index contributed by atoms with van der Waals surface area (Å²) in [6.45, 7) is 5.35. The molecule has 0 aliphatic rings. The van der Waals surface area contributed by atoms with E-state index >= 15 is 0 Å². The minimum atomic E-state index is 0.259. The molecular formula is C8H19NO. The van der Waals surface area contributed by atoms with Crippen LogP contribution < -0.4 is 5.73 Å². The molecule has 2 nitrogen and oxygen atoms in total. The predicted molar refractivity (Wildman–Crippen MR) is 43.8 cm³/mol. The van der Waals surface area contributed by atoms with Crippen LogP contribution in [0, 0.1) is 5.41 Å². The third-order valence-electron chi connectivity index (χ3n) is 1.81. The third kappa shape index (κ3) is 4.77. The summed E-state index contributed by atoms with van der Waals surface area (Å²) in [7, 11) is 0. The highest BCUT2D eigenvalue weighted by Crippen LogP contribution is 2.20. The average molecular weight is 145 g/mol. The minimum absolute atomic E-state index is 0.259. The molecule has 0 amide bonds. The number of aliphatic hydroxyl groups excluding tert-OH is 1. The largest absolute Gasteiger partial charge is 0.396 e. The molecule has 10 heavy (non-hydrogen) atoms. The van der Waals surface area contributed by atoms with Crippen LogP contribution in [0.4, 0.5) is 0 Å². The van der Waals surface area contributed by atoms with Gasteiger partial charge in [0.15, 0.2) is 0 Å². The highest BCUT2D eigenvalue weighted by molar-refractivity contribution is 4.68. The summed E-state index contributed by atoms with van der Waals surface area (Å²) in [4.78, 5) is 0. The van der Waals surface area contributed by atoms with Crippen LogP contribution in [0.2, 0.25) is 0 Å². The monoisotopic (exact) mass is 145 g/mol. The minimum Gasteiger partial charge on any atom is -0.396 e. The van der Waals surface area contributed by atoms with Crippen LogP contribution in [0.5, 0.6) is 0 Å². The zero-order valence-corrected chi connectivity index (χ0v) is 7.06. The van der Waals surface area contributed by atoms with E-state index in [9.17, 15) is 0 Å². The van der Waals surface area contributed by atoms with Crippen LogP contribution in [0.15, 0.2) is 0 Å². The van der Waals surface area contributed by atoms with Crippen LogP contribution in [0.3, 0.4) is 0 Å². The van der Waals surface area contributed by atoms with Gasteiger partial charge in [-0.3, -0.25) is 0 Å². The summed E-state index contributed by atoms with van der Waals surface area (Å²) >= 11 is 0. The number of rotatable bonds is 5. The van der Waals surface area contributed by atoms with Gasteiger partial charge >= 0.3 is 0 Å². The fourth-order valence-corrected chi connectivity index (χ4v) is 0.817. The van der Waals surface area contributed by atoms with E-state index in [1.54, 1.807) is 0 Å². The van der Waals surface area contributed by atoms with E-state index in [-0.39, 0.29) is 5.41 Å². The van der Waals surface area contributed by atoms with Crippen molar-refractivity contribution in [3.8, 4) is 0 Å². The van der Waals surface area contributed by atoms with E-state index in [1.165, 1.54) is 0 Å². The summed E-state index contributed by atoms with van der Waals surface area (Å²) in [6.07, 6.45) is 3.11. The molecule has 0 atom stereocenters. The Morgan fingerprint density at radius 1 is 1.30 bits per heavy atom. The van der Waals surface area contributed by atoms with Crippen LogP contribution in [0.1, 0.15) is 33.1 Å². The first-order valence-corrected chi connectivity index (χ1v) is 3.93. The van der Waals surface area contributed by atoms with E-state index in [4.69, 9.17) is 10.8 Å². The molecule has 62 valence electrons. The summed E-state index contributed by atoms with van der Waals surface area (Å²) in [6, 6.07) is 0. The number of nitrogens with two attached hydrogens (primary N) is 1. The second-order valence-corrected chi connectivity index (χ2v) is 3.55. The van der Waals surface area contributed by atoms with Gasteiger partial charge < -0.3 is 10.8 Å². The lowest BCUT2D eigenvalue weighted by molar-refractivity contribution is 0.263. The Kier molecular flexibility index (Phi) is 4.65. The molecule has 0 heterocycles. The number of hydrogen-bond acceptors (Lipinski definition) is 2. The number of unbranched alkanes of at least 4 members (excludes halogenated alkanes) is 1. The van der Waals surface area contributed by atoms with Crippen molar-refractivity contribution in [2.75, 3.05) is 13.2 Å². The molecule has 0 aromatic carbocycles. The molecule has 0 saturated carbocycles. The topological polar surface area (TPSA) is 46.2 Å². The Morgan fingerprint density at radius 3 is 2.30 bits per heavy atom. The molecule has 0 unspecified atom stereocenters. The van der Waals surface area contributed by atoms with Gasteiger partial charge in [-0.15, -0.1) is 0 Å². The standard InChI is InChI=1S/C8H19NO/c1-8(2,7-9)5-3-4-6-10/h10H,3-7,9H2,1-2H3. The third-order valence-corrected chi connectivity index (χ3v) is 1.81. The van der Waals surface area contributed by atoms with Gasteiger partial charge in [-0.25, -0.2) is 0 Å². The molecule has 0 fully saturated rings. The maximum absolute atomic E-state index is 8.50. The zero-order valence-electron chi connectivity index (χ0n) is 7.06. The molecule has 0 spiro atoms. The summed E-state index contributed by atoms with van der Waals surface area (Å²) < 4.78 is 0. The second-order valence-electron chi connectivity index (χ2n) is 3.55. The van der Waals surface area contributed by atoms with Gasteiger partial charge in [0.1, 0.15) is 0 Å². The van der Waals surface area contributed by atoms with Gasteiger partial charge in [-0.2, -0.15) is 0 Å². The Labute approximate surface area is 63.4 Å². The summed E-state index contributed by atoms with van der Waals surface area (Å²) in [5, 5.41) is 8.50. The Balaban J connectivity index is 3.28. The molecule has 0 bridgehead atoms. The highest BCUT2D eigenvalue weighted by Gasteiger charge is 2.13. The van der Waals surface area contributed by atoms with Gasteiger partial charge in [0.25, 0.3) is 0 Å². The molecule has 0 aromatic rings. The normalized spacial score (nSPS) is 12.0. The lowest BCUT2D eigenvalue weighted by Crippen LogP contribution is -2.23. The fourth-order valence-electron chi connectivity index (χ4n) is 0.817. The van der Waals surface area contributed by atoms with Crippen molar-refractivity contribution in [2.24, 2.45) is 11.1 Å². The maximum atomic E-state index is 8.50. The van der Waals surface area contributed by atoms with Gasteiger partial charge in [0.05, 0.1) is 0 Å². The Hall–Kier alpha value is -0.0800. The lowest BCUT2D eigenvalue weighted by atomic mass is 9.87. The van der Waals surface area contributed by atoms with E-state index < -0.39 is 0 Å². The molecule has 0 aliphatic heterocycles. The molecule has 0 aromatic heterocycles. The molecular weight excluding hydrogens is 126 g/mol. The van der Waals surface area contributed by atoms with Crippen LogP contribution in [-0.4, -0.2) is 18.3 Å². The van der Waals surface area contributed by atoms with E-state index in [0.29, 0.717) is 6.61 Å². The summed E-state index contributed by atoms with van der Waals surface area (Å²) in [5.74, 6) is 0. The van der Waals surface area contributed by atoms with Crippen molar-refractivity contribution in [3.63, 3.8) is 0 Å². The average Bonchev–Trinajstić information content (AvgIpc) is 1.89. The molecule has 0 saturated heterocycles. The van der Waals surface area contributed by atoms with Gasteiger partial charge in [0.2, 0.25) is 0 Å². The molecule has 2 heteroatoms. The van der Waals surface area contributed by atoms with E-state index in [0.717, 1.165) is 25.8 Å². The molecule has 0 aliphatic carbocycles. The smallest absolute Gasteiger partial charge is 0.0431 e. The Bertz CT molecular complexity index is 81.3. The van der Waals surface area contributed by atoms with Crippen molar-refractivity contribution in [1.82, 2.24) is 0 Å². The lowest BCUT2D eigenvalue weighted by Gasteiger charge is -2.21. The second kappa shape index (κ2) is 4.69. The SMILES string of the molecule is CC(C)(CN)CCCCO. The van der Waals surface area contributed by atoms with Crippen LogP contribution in [-0.2, 0) is 0 Å². The predicted octanol–water partition coefficient (Wildman–Crippen LogP) is 1.13. The van der Waals surface area contributed by atoms with E-state index in [2.05, 4.69) is 13.8 Å². The van der Waals surface area contributed by atoms with Crippen molar-refractivity contribution < 1.29 is 5.11 Å². The first-order valence-electron chi connectivity index (χ1n) is 3.93. The van der Waals surface area contributed by atoms with Crippen LogP contribution >= 0.6 is 0 Å². The van der Waals surface area contributed by atoms with E-state index in [1.807, 2.05) is 0 Å². The fraction of sp³-hybridized carbons (Fsp3) is 1.00. The zero-order chi connectivity index (χ0) is 8.04. The van der Waals surface area contributed by atoms with Crippen molar-refractivity contribution in [2.45, 2.75) is 33.1 Å². The number of hydrogen-bond donors (Lipinski definition) is 2. The van der Waals surface area contributed by atoms with Gasteiger partial charge in [0, 0.05) is 6.61 Å². The maximum Gasteiger partial charge on any atom is 0.0431 e. The quantitative estimate of drug-likeness (QED) is 0.570. The van der Waals surface area contributed by atoms with Crippen molar-refractivity contribution >= 4 is 0 Å². The summed E-state index contributed by atoms with van der Waals surface area (Å²) in [5.41, 5.74) is 5.79. The molecule has 0 rings (SSSR count). The Morgan fingerprint density at radius 2 is 1.90 bits per heavy atom. The first-order chi connectivity index (χ1) is 4.62. The molecule has 3 N–H and O–H groups in total. The van der Waals surface area contributed by atoms with Gasteiger partial charge in [-0.05, 0) is 24.8 Å². The van der Waals surface area contributed by atoms with Crippen molar-refractivity contribution in [3.05, 3.63) is 0 Å². The van der Waals surface area contributed by atoms with Gasteiger partial charge in [-0.1, -0.05) is 20.3 Å².